The van der Waals surface area contributed by atoms with Gasteiger partial charge in [-0.1, -0.05) is 97.1 Å². The molecule has 0 aliphatic carbocycles. The van der Waals surface area contributed by atoms with Crippen molar-refractivity contribution in [2.24, 2.45) is 0 Å². The molecule has 4 aromatic rings. The Kier molecular flexibility index (Phi) is 5.69. The molecule has 0 saturated carbocycles. The maximum Gasteiger partial charge on any atom is 0.193 e. The third-order valence-corrected chi connectivity index (χ3v) is 5.70. The first kappa shape index (κ1) is 18.3. The Labute approximate surface area is 170 Å². The molecule has 0 saturated heterocycles. The molecule has 0 heterocycles. The number of rotatable bonds is 6. The van der Waals surface area contributed by atoms with Gasteiger partial charge in [0.15, 0.2) is 5.78 Å². The molecule has 28 heavy (non-hydrogen) atoms. The lowest BCUT2D eigenvalue weighted by molar-refractivity contribution is 0.103. The van der Waals surface area contributed by atoms with Crippen LogP contribution in [0.1, 0.15) is 21.5 Å². The number of hydrogen-bond acceptors (Lipinski definition) is 2. The fraction of sp³-hybridized carbons (Fsp3) is 0.0385. The Bertz CT molecular complexity index is 1040. The predicted molar refractivity (Wildman–Crippen MR) is 118 cm³/mol. The van der Waals surface area contributed by atoms with Gasteiger partial charge in [0, 0.05) is 21.8 Å². The summed E-state index contributed by atoms with van der Waals surface area (Å²) in [6.45, 7) is 0. The molecule has 4 aromatic carbocycles. The van der Waals surface area contributed by atoms with Crippen molar-refractivity contribution < 1.29 is 4.79 Å². The largest absolute Gasteiger partial charge is 0.289 e. The molecular weight excluding hydrogens is 360 g/mol. The van der Waals surface area contributed by atoms with Crippen LogP contribution < -0.4 is 0 Å². The zero-order valence-electron chi connectivity index (χ0n) is 15.4. The van der Waals surface area contributed by atoms with Gasteiger partial charge in [0.05, 0.1) is 0 Å². The van der Waals surface area contributed by atoms with Crippen molar-refractivity contribution in [2.75, 3.05) is 0 Å². The maximum absolute atomic E-state index is 12.8. The first-order chi connectivity index (χ1) is 13.8. The second-order valence-corrected chi connectivity index (χ2v) is 7.62. The van der Waals surface area contributed by atoms with Gasteiger partial charge in [-0.3, -0.25) is 4.79 Å². The van der Waals surface area contributed by atoms with Gasteiger partial charge < -0.3 is 0 Å². The minimum Gasteiger partial charge on any atom is -0.289 e. The predicted octanol–water partition coefficient (Wildman–Crippen LogP) is 6.88. The van der Waals surface area contributed by atoms with Gasteiger partial charge in [-0.15, -0.1) is 11.8 Å². The van der Waals surface area contributed by atoms with Crippen molar-refractivity contribution in [2.45, 2.75) is 10.6 Å². The standard InChI is InChI=1S/C26H20OS/c27-26(24-17-15-22(16-18-24)21-7-3-1-4-8-21)23-13-11-20(12-14-23)19-28-25-9-5-2-6-10-25/h1-18H,19H2. The van der Waals surface area contributed by atoms with E-state index in [0.717, 1.165) is 22.4 Å². The van der Waals surface area contributed by atoms with Gasteiger partial charge in [0.1, 0.15) is 0 Å². The van der Waals surface area contributed by atoms with Gasteiger partial charge in [0.25, 0.3) is 0 Å². The smallest absolute Gasteiger partial charge is 0.193 e. The van der Waals surface area contributed by atoms with Crippen LogP contribution in [0, 0.1) is 0 Å². The van der Waals surface area contributed by atoms with Crippen LogP contribution in [-0.4, -0.2) is 5.78 Å². The second-order valence-electron chi connectivity index (χ2n) is 6.57. The summed E-state index contributed by atoms with van der Waals surface area (Å²) in [7, 11) is 0. The molecular formula is C26H20OS. The highest BCUT2D eigenvalue weighted by atomic mass is 32.2. The Morgan fingerprint density at radius 2 is 1.07 bits per heavy atom. The van der Waals surface area contributed by atoms with E-state index < -0.39 is 0 Å². The van der Waals surface area contributed by atoms with Crippen molar-refractivity contribution in [3.8, 4) is 11.1 Å². The van der Waals surface area contributed by atoms with Gasteiger partial charge in [-0.2, -0.15) is 0 Å². The van der Waals surface area contributed by atoms with E-state index in [2.05, 4.69) is 24.3 Å². The van der Waals surface area contributed by atoms with Crippen LogP contribution >= 0.6 is 11.8 Å². The molecule has 0 aromatic heterocycles. The fourth-order valence-corrected chi connectivity index (χ4v) is 3.92. The van der Waals surface area contributed by atoms with Crippen molar-refractivity contribution in [1.29, 1.82) is 0 Å². The van der Waals surface area contributed by atoms with E-state index in [9.17, 15) is 4.79 Å². The van der Waals surface area contributed by atoms with Crippen LogP contribution in [-0.2, 0) is 5.75 Å². The molecule has 2 heteroatoms. The minimum absolute atomic E-state index is 0.0573. The monoisotopic (exact) mass is 380 g/mol. The van der Waals surface area contributed by atoms with Gasteiger partial charge in [0.2, 0.25) is 0 Å². The molecule has 0 N–H and O–H groups in total. The van der Waals surface area contributed by atoms with E-state index in [0.29, 0.717) is 5.56 Å². The first-order valence-electron chi connectivity index (χ1n) is 9.26. The van der Waals surface area contributed by atoms with Crippen LogP contribution in [0.3, 0.4) is 0 Å². The Hall–Kier alpha value is -3.10. The van der Waals surface area contributed by atoms with Crippen molar-refractivity contribution in [1.82, 2.24) is 0 Å². The van der Waals surface area contributed by atoms with Crippen molar-refractivity contribution in [3.63, 3.8) is 0 Å². The highest BCUT2D eigenvalue weighted by Gasteiger charge is 2.09. The first-order valence-corrected chi connectivity index (χ1v) is 10.3. The van der Waals surface area contributed by atoms with Gasteiger partial charge in [-0.05, 0) is 28.8 Å². The van der Waals surface area contributed by atoms with Crippen molar-refractivity contribution >= 4 is 17.5 Å². The Balaban J connectivity index is 1.43. The summed E-state index contributed by atoms with van der Waals surface area (Å²) in [5, 5.41) is 0. The van der Waals surface area contributed by atoms with Gasteiger partial charge in [-0.25, -0.2) is 0 Å². The molecule has 136 valence electrons. The van der Waals surface area contributed by atoms with E-state index in [1.807, 2.05) is 84.9 Å². The summed E-state index contributed by atoms with van der Waals surface area (Å²) >= 11 is 1.80. The lowest BCUT2D eigenvalue weighted by Gasteiger charge is -2.06. The summed E-state index contributed by atoms with van der Waals surface area (Å²) in [4.78, 5) is 14.0. The van der Waals surface area contributed by atoms with E-state index in [4.69, 9.17) is 0 Å². The zero-order valence-corrected chi connectivity index (χ0v) is 16.2. The molecule has 0 amide bonds. The average molecular weight is 381 g/mol. The summed E-state index contributed by atoms with van der Waals surface area (Å²) in [5.41, 5.74) is 4.92. The number of thioether (sulfide) groups is 1. The van der Waals surface area contributed by atoms with E-state index >= 15 is 0 Å². The third kappa shape index (κ3) is 4.41. The number of hydrogen-bond donors (Lipinski definition) is 0. The molecule has 0 radical (unpaired) electrons. The molecule has 0 aliphatic heterocycles. The lowest BCUT2D eigenvalue weighted by atomic mass is 9.99. The molecule has 0 spiro atoms. The molecule has 0 atom stereocenters. The van der Waals surface area contributed by atoms with Crippen LogP contribution in [0.5, 0.6) is 0 Å². The zero-order chi connectivity index (χ0) is 19.2. The van der Waals surface area contributed by atoms with Gasteiger partial charge >= 0.3 is 0 Å². The molecule has 4 rings (SSSR count). The quantitative estimate of drug-likeness (QED) is 0.268. The highest BCUT2D eigenvalue weighted by molar-refractivity contribution is 7.98. The number of carbonyl (C=O) groups is 1. The number of benzene rings is 4. The maximum atomic E-state index is 12.8. The average Bonchev–Trinajstić information content (AvgIpc) is 2.79. The van der Waals surface area contributed by atoms with Crippen LogP contribution in [0.4, 0.5) is 0 Å². The topological polar surface area (TPSA) is 17.1 Å². The number of carbonyl (C=O) groups excluding carboxylic acids is 1. The van der Waals surface area contributed by atoms with Crippen LogP contribution in [0.25, 0.3) is 11.1 Å². The molecule has 1 nitrogen and oxygen atoms in total. The summed E-state index contributed by atoms with van der Waals surface area (Å²) in [6, 6.07) is 36.3. The summed E-state index contributed by atoms with van der Waals surface area (Å²) in [5.74, 6) is 0.950. The summed E-state index contributed by atoms with van der Waals surface area (Å²) in [6.07, 6.45) is 0. The Morgan fingerprint density at radius 1 is 0.571 bits per heavy atom. The second kappa shape index (κ2) is 8.73. The van der Waals surface area contributed by atoms with E-state index in [1.165, 1.54) is 10.5 Å². The fourth-order valence-electron chi connectivity index (χ4n) is 3.05. The molecule has 0 bridgehead atoms. The Morgan fingerprint density at radius 3 is 1.68 bits per heavy atom. The SMILES string of the molecule is O=C(c1ccc(CSc2ccccc2)cc1)c1ccc(-c2ccccc2)cc1. The lowest BCUT2D eigenvalue weighted by Crippen LogP contribution is -2.01. The normalized spacial score (nSPS) is 10.6. The minimum atomic E-state index is 0.0573. The molecule has 0 unspecified atom stereocenters. The molecule has 0 aliphatic rings. The van der Waals surface area contributed by atoms with Crippen LogP contribution in [0.2, 0.25) is 0 Å². The third-order valence-electron chi connectivity index (χ3n) is 4.62. The van der Waals surface area contributed by atoms with Crippen LogP contribution in [0.15, 0.2) is 114 Å². The van der Waals surface area contributed by atoms with E-state index in [-0.39, 0.29) is 5.78 Å². The van der Waals surface area contributed by atoms with E-state index in [1.54, 1.807) is 11.8 Å². The highest BCUT2D eigenvalue weighted by Crippen LogP contribution is 2.23. The summed E-state index contributed by atoms with van der Waals surface area (Å²) < 4.78 is 0. The van der Waals surface area contributed by atoms with Crippen molar-refractivity contribution in [3.05, 3.63) is 126 Å². The number of ketones is 1. The molecule has 0 fully saturated rings.